The van der Waals surface area contributed by atoms with Gasteiger partial charge in [0.15, 0.2) is 0 Å². The third-order valence-corrected chi connectivity index (χ3v) is 9.29. The van der Waals surface area contributed by atoms with Crippen LogP contribution in [0.2, 0.25) is 0 Å². The third-order valence-electron chi connectivity index (χ3n) is 9.29. The maximum atomic E-state index is 14.5. The van der Waals surface area contributed by atoms with Gasteiger partial charge >= 0.3 is 0 Å². The number of likely N-dealkylation sites (N-methyl/N-ethyl adjacent to an activating group) is 2. The summed E-state index contributed by atoms with van der Waals surface area (Å²) in [5.74, 6) is -0.750. The largest absolute Gasteiger partial charge is 0.354 e. The Morgan fingerprint density at radius 2 is 1.60 bits per heavy atom. The van der Waals surface area contributed by atoms with Gasteiger partial charge in [-0.1, -0.05) is 78.4 Å². The van der Waals surface area contributed by atoms with Gasteiger partial charge in [-0.2, -0.15) is 0 Å². The van der Waals surface area contributed by atoms with E-state index in [1.54, 1.807) is 25.1 Å². The van der Waals surface area contributed by atoms with Crippen LogP contribution in [0.25, 0.3) is 10.8 Å². The SMILES string of the molecule is CC(=CC(=O)N(C)[C@H](Cc1ccc2ccccc2c1)C(=O)N(C)[C@H](Cc1ccccc1)C(=O)NCCC1CCCN1C)CC(C)(C)N. The van der Waals surface area contributed by atoms with Crippen LogP contribution in [0.5, 0.6) is 0 Å². The number of nitrogens with one attached hydrogen (secondary N) is 1. The molecule has 8 nitrogen and oxygen atoms in total. The summed E-state index contributed by atoms with van der Waals surface area (Å²) >= 11 is 0. The van der Waals surface area contributed by atoms with Crippen LogP contribution in [0.15, 0.2) is 84.4 Å². The Labute approximate surface area is 281 Å². The highest BCUT2D eigenvalue weighted by Crippen LogP contribution is 2.21. The minimum absolute atomic E-state index is 0.190. The molecule has 1 aliphatic heterocycles. The van der Waals surface area contributed by atoms with Gasteiger partial charge in [0.1, 0.15) is 12.1 Å². The van der Waals surface area contributed by atoms with Crippen molar-refractivity contribution in [3.8, 4) is 0 Å². The molecule has 0 aliphatic carbocycles. The van der Waals surface area contributed by atoms with Crippen molar-refractivity contribution in [3.05, 3.63) is 95.6 Å². The summed E-state index contributed by atoms with van der Waals surface area (Å²) in [4.78, 5) is 47.4. The molecule has 252 valence electrons. The zero-order chi connectivity index (χ0) is 34.1. The highest BCUT2D eigenvalue weighted by molar-refractivity contribution is 5.95. The van der Waals surface area contributed by atoms with Crippen molar-refractivity contribution in [1.29, 1.82) is 0 Å². The first-order chi connectivity index (χ1) is 22.3. The maximum Gasteiger partial charge on any atom is 0.246 e. The summed E-state index contributed by atoms with van der Waals surface area (Å²) in [5, 5.41) is 5.30. The molecule has 8 heteroatoms. The maximum absolute atomic E-state index is 14.5. The molecule has 0 aromatic heterocycles. The number of benzene rings is 3. The number of rotatable bonds is 14. The van der Waals surface area contributed by atoms with E-state index in [0.717, 1.165) is 46.9 Å². The van der Waals surface area contributed by atoms with Crippen LogP contribution in [0, 0.1) is 0 Å². The van der Waals surface area contributed by atoms with Crippen molar-refractivity contribution < 1.29 is 14.4 Å². The van der Waals surface area contributed by atoms with Crippen LogP contribution in [-0.2, 0) is 27.2 Å². The van der Waals surface area contributed by atoms with Gasteiger partial charge in [-0.05, 0) is 81.9 Å². The van der Waals surface area contributed by atoms with E-state index in [4.69, 9.17) is 5.73 Å². The molecule has 1 saturated heterocycles. The van der Waals surface area contributed by atoms with Crippen LogP contribution >= 0.6 is 0 Å². The number of carbonyl (C=O) groups excluding carboxylic acids is 3. The number of nitrogens with zero attached hydrogens (tertiary/aromatic N) is 3. The summed E-state index contributed by atoms with van der Waals surface area (Å²) in [6.45, 7) is 7.35. The molecule has 0 spiro atoms. The van der Waals surface area contributed by atoms with Crippen molar-refractivity contribution in [1.82, 2.24) is 20.0 Å². The lowest BCUT2D eigenvalue weighted by atomic mass is 9.96. The molecule has 1 aliphatic rings. The molecule has 0 saturated carbocycles. The molecular formula is C39H53N5O3. The molecule has 3 aromatic rings. The Kier molecular flexibility index (Phi) is 12.4. The van der Waals surface area contributed by atoms with Crippen molar-refractivity contribution in [2.45, 2.75) is 83.0 Å². The molecule has 3 N–H and O–H groups in total. The summed E-state index contributed by atoms with van der Waals surface area (Å²) in [6, 6.07) is 22.8. The Hall–Kier alpha value is -4.01. The van der Waals surface area contributed by atoms with Gasteiger partial charge in [0.2, 0.25) is 17.7 Å². The van der Waals surface area contributed by atoms with Crippen molar-refractivity contribution in [3.63, 3.8) is 0 Å². The fourth-order valence-corrected chi connectivity index (χ4v) is 6.67. The molecular weight excluding hydrogens is 586 g/mol. The van der Waals surface area contributed by atoms with E-state index in [-0.39, 0.29) is 17.7 Å². The molecule has 3 amide bonds. The zero-order valence-corrected chi connectivity index (χ0v) is 29.0. The lowest BCUT2D eigenvalue weighted by molar-refractivity contribution is -0.146. The predicted molar refractivity (Wildman–Crippen MR) is 191 cm³/mol. The first kappa shape index (κ1) is 35.8. The zero-order valence-electron chi connectivity index (χ0n) is 29.0. The topological polar surface area (TPSA) is 99.0 Å². The first-order valence-corrected chi connectivity index (χ1v) is 16.8. The number of fused-ring (bicyclic) bond motifs is 1. The van der Waals surface area contributed by atoms with Gasteiger partial charge in [-0.25, -0.2) is 0 Å². The average Bonchev–Trinajstić information content (AvgIpc) is 3.44. The molecule has 1 fully saturated rings. The van der Waals surface area contributed by atoms with Gasteiger partial charge in [0.25, 0.3) is 0 Å². The van der Waals surface area contributed by atoms with E-state index in [9.17, 15) is 14.4 Å². The molecule has 1 unspecified atom stereocenters. The van der Waals surface area contributed by atoms with Gasteiger partial charge < -0.3 is 25.8 Å². The highest BCUT2D eigenvalue weighted by atomic mass is 16.2. The molecule has 0 radical (unpaired) electrons. The number of hydrogen-bond acceptors (Lipinski definition) is 5. The number of likely N-dealkylation sites (tertiary alicyclic amines) is 1. The second-order valence-corrected chi connectivity index (χ2v) is 14.0. The lowest BCUT2D eigenvalue weighted by Gasteiger charge is -2.34. The predicted octanol–water partition coefficient (Wildman–Crippen LogP) is 4.95. The number of carbonyl (C=O) groups is 3. The van der Waals surface area contributed by atoms with Crippen LogP contribution in [0.3, 0.4) is 0 Å². The Morgan fingerprint density at radius 1 is 0.936 bits per heavy atom. The monoisotopic (exact) mass is 639 g/mol. The van der Waals surface area contributed by atoms with Crippen molar-refractivity contribution >= 4 is 28.5 Å². The fraction of sp³-hybridized carbons (Fsp3) is 0.462. The Morgan fingerprint density at radius 3 is 2.26 bits per heavy atom. The fourth-order valence-electron chi connectivity index (χ4n) is 6.67. The van der Waals surface area contributed by atoms with Crippen molar-refractivity contribution in [2.75, 3.05) is 34.2 Å². The molecule has 1 heterocycles. The molecule has 3 aromatic carbocycles. The number of nitrogens with two attached hydrogens (primary N) is 1. The highest BCUT2D eigenvalue weighted by Gasteiger charge is 2.35. The van der Waals surface area contributed by atoms with Crippen LogP contribution < -0.4 is 11.1 Å². The summed E-state index contributed by atoms with van der Waals surface area (Å²) in [6.07, 6.45) is 5.96. The molecule has 3 atom stereocenters. The number of hydrogen-bond donors (Lipinski definition) is 2. The Balaban J connectivity index is 1.61. The molecule has 47 heavy (non-hydrogen) atoms. The van der Waals surface area contributed by atoms with Crippen LogP contribution in [0.1, 0.15) is 57.6 Å². The number of amides is 3. The van der Waals surface area contributed by atoms with E-state index >= 15 is 0 Å². The van der Waals surface area contributed by atoms with Crippen molar-refractivity contribution in [2.24, 2.45) is 5.73 Å². The second-order valence-electron chi connectivity index (χ2n) is 14.0. The summed E-state index contributed by atoms with van der Waals surface area (Å²) in [5.41, 5.74) is 8.49. The molecule has 0 bridgehead atoms. The smallest absolute Gasteiger partial charge is 0.246 e. The van der Waals surface area contributed by atoms with Crippen LogP contribution in [0.4, 0.5) is 0 Å². The van der Waals surface area contributed by atoms with E-state index in [2.05, 4.69) is 29.4 Å². The first-order valence-electron chi connectivity index (χ1n) is 16.8. The van der Waals surface area contributed by atoms with Gasteiger partial charge in [0.05, 0.1) is 0 Å². The standard InChI is InChI=1S/C39H53N5O3/c1-28(27-39(2,3)40)23-36(45)43(5)35(26-30-18-19-31-15-10-11-16-32(31)24-30)38(47)44(6)34(25-29-13-8-7-9-14-29)37(46)41-21-20-33-17-12-22-42(33)4/h7-11,13-16,18-19,23-24,33-35H,12,17,20-22,25-27,40H2,1-6H3,(H,41,46)/t33?,34-,35-/m1/s1. The lowest BCUT2D eigenvalue weighted by Crippen LogP contribution is -2.56. The van der Waals surface area contributed by atoms with Gasteiger partial charge in [0, 0.05) is 51.1 Å². The van der Waals surface area contributed by atoms with E-state index in [1.807, 2.05) is 81.4 Å². The van der Waals surface area contributed by atoms with Gasteiger partial charge in [-0.15, -0.1) is 0 Å². The normalized spacial score (nSPS) is 16.9. The third kappa shape index (κ3) is 10.2. The summed E-state index contributed by atoms with van der Waals surface area (Å²) < 4.78 is 0. The van der Waals surface area contributed by atoms with E-state index < -0.39 is 17.6 Å². The molecule has 4 rings (SSSR count). The average molecular weight is 640 g/mol. The summed E-state index contributed by atoms with van der Waals surface area (Å²) in [7, 11) is 5.48. The second kappa shape index (κ2) is 16.2. The van der Waals surface area contributed by atoms with Gasteiger partial charge in [-0.3, -0.25) is 14.4 Å². The minimum Gasteiger partial charge on any atom is -0.354 e. The minimum atomic E-state index is -0.832. The van der Waals surface area contributed by atoms with E-state index in [0.29, 0.717) is 31.8 Å². The quantitative estimate of drug-likeness (QED) is 0.243. The van der Waals surface area contributed by atoms with Crippen LogP contribution in [-0.4, -0.2) is 90.3 Å². The Bertz CT molecular complexity index is 1550. The van der Waals surface area contributed by atoms with E-state index in [1.165, 1.54) is 11.3 Å².